The molecule has 2 spiro atoms. The Morgan fingerprint density at radius 2 is 1.74 bits per heavy atom. The molecule has 128 valence electrons. The van der Waals surface area contributed by atoms with Gasteiger partial charge in [-0.2, -0.15) is 19.6 Å². The molecule has 0 radical (unpaired) electrons. The van der Waals surface area contributed by atoms with E-state index in [1.165, 1.54) is 0 Å². The normalized spacial score (nSPS) is 54.7. The molecule has 0 amide bonds. The zero-order valence-electron chi connectivity index (χ0n) is 13.2. The number of rotatable bonds is 1. The minimum Gasteiger partial charge on any atom is -0.392 e. The first-order valence-corrected chi connectivity index (χ1v) is 8.84. The maximum Gasteiger partial charge on any atom is 0.257 e. The van der Waals surface area contributed by atoms with E-state index in [1.807, 2.05) is 6.08 Å². The van der Waals surface area contributed by atoms with Crippen molar-refractivity contribution < 1.29 is 29.8 Å². The lowest BCUT2D eigenvalue weighted by Gasteiger charge is -2.62. The second kappa shape index (κ2) is 4.77. The third-order valence-corrected chi connectivity index (χ3v) is 6.67. The third-order valence-electron chi connectivity index (χ3n) is 6.67. The van der Waals surface area contributed by atoms with Gasteiger partial charge in [0.25, 0.3) is 5.79 Å². The molecule has 2 unspecified atom stereocenters. The Kier molecular flexibility index (Phi) is 3.07. The van der Waals surface area contributed by atoms with Crippen molar-refractivity contribution in [3.05, 3.63) is 11.6 Å². The molecule has 4 bridgehead atoms. The van der Waals surface area contributed by atoms with E-state index in [9.17, 15) is 10.2 Å². The van der Waals surface area contributed by atoms with Gasteiger partial charge in [0, 0.05) is 23.8 Å². The Labute approximate surface area is 135 Å². The van der Waals surface area contributed by atoms with Gasteiger partial charge in [-0.1, -0.05) is 6.08 Å². The van der Waals surface area contributed by atoms with Crippen molar-refractivity contribution in [3.63, 3.8) is 0 Å². The molecular weight excluding hydrogens is 300 g/mol. The Morgan fingerprint density at radius 3 is 2.35 bits per heavy atom. The maximum absolute atomic E-state index is 10.7. The Balaban J connectivity index is 1.41. The van der Waals surface area contributed by atoms with Crippen LogP contribution >= 0.6 is 0 Å². The second-order valence-electron chi connectivity index (χ2n) is 8.16. The van der Waals surface area contributed by atoms with E-state index in [0.717, 1.165) is 32.1 Å². The molecule has 1 aliphatic heterocycles. The highest BCUT2D eigenvalue weighted by Crippen LogP contribution is 2.63. The first kappa shape index (κ1) is 14.8. The van der Waals surface area contributed by atoms with Crippen molar-refractivity contribution in [2.75, 3.05) is 6.61 Å². The highest BCUT2D eigenvalue weighted by Gasteiger charge is 2.68. The largest absolute Gasteiger partial charge is 0.392 e. The summed E-state index contributed by atoms with van der Waals surface area (Å²) in [5.41, 5.74) is 0.103. The van der Waals surface area contributed by atoms with Crippen LogP contribution in [-0.4, -0.2) is 34.0 Å². The van der Waals surface area contributed by atoms with E-state index in [2.05, 4.69) is 0 Å². The van der Waals surface area contributed by atoms with E-state index in [1.54, 1.807) is 0 Å². The van der Waals surface area contributed by atoms with E-state index in [-0.39, 0.29) is 18.4 Å². The fourth-order valence-corrected chi connectivity index (χ4v) is 5.75. The predicted molar refractivity (Wildman–Crippen MR) is 77.3 cm³/mol. The maximum atomic E-state index is 10.7. The van der Waals surface area contributed by atoms with Gasteiger partial charge in [-0.3, -0.25) is 0 Å². The van der Waals surface area contributed by atoms with Gasteiger partial charge in [-0.05, 0) is 50.9 Å². The molecule has 6 nitrogen and oxygen atoms in total. The zero-order valence-corrected chi connectivity index (χ0v) is 13.2. The second-order valence-corrected chi connectivity index (χ2v) is 8.16. The predicted octanol–water partition coefficient (Wildman–Crippen LogP) is 1.96. The molecule has 0 aromatic carbocycles. The van der Waals surface area contributed by atoms with Crippen LogP contribution in [0.5, 0.6) is 0 Å². The molecule has 2 N–H and O–H groups in total. The van der Waals surface area contributed by atoms with Crippen LogP contribution in [0.1, 0.15) is 51.4 Å². The molecule has 5 fully saturated rings. The van der Waals surface area contributed by atoms with Gasteiger partial charge in [-0.15, -0.1) is 0 Å². The monoisotopic (exact) mass is 324 g/mol. The topological polar surface area (TPSA) is 77.4 Å². The molecule has 2 atom stereocenters. The van der Waals surface area contributed by atoms with Crippen LogP contribution in [0.15, 0.2) is 11.6 Å². The van der Waals surface area contributed by atoms with Crippen LogP contribution in [-0.2, 0) is 19.6 Å². The average Bonchev–Trinajstić information content (AvgIpc) is 2.53. The summed E-state index contributed by atoms with van der Waals surface area (Å²) in [6, 6.07) is 0. The number of hydrogen-bond donors (Lipinski definition) is 2. The number of hydrogen-bond acceptors (Lipinski definition) is 6. The van der Waals surface area contributed by atoms with Crippen molar-refractivity contribution in [3.8, 4) is 0 Å². The van der Waals surface area contributed by atoms with Crippen LogP contribution in [0.4, 0.5) is 0 Å². The summed E-state index contributed by atoms with van der Waals surface area (Å²) in [6.45, 7) is -0.131. The summed E-state index contributed by atoms with van der Waals surface area (Å²) in [4.78, 5) is 23.3. The highest BCUT2D eigenvalue weighted by atomic mass is 17.4. The van der Waals surface area contributed by atoms with Crippen LogP contribution in [0.2, 0.25) is 0 Å². The van der Waals surface area contributed by atoms with E-state index < -0.39 is 17.2 Å². The van der Waals surface area contributed by atoms with Crippen LogP contribution < -0.4 is 0 Å². The highest BCUT2D eigenvalue weighted by molar-refractivity contribution is 5.17. The summed E-state index contributed by atoms with van der Waals surface area (Å²) in [6.07, 6.45) is 8.59. The minimum atomic E-state index is -1.11. The van der Waals surface area contributed by atoms with Gasteiger partial charge in [0.1, 0.15) is 0 Å². The first-order chi connectivity index (χ1) is 11.1. The van der Waals surface area contributed by atoms with E-state index in [4.69, 9.17) is 19.6 Å². The molecule has 5 aliphatic carbocycles. The molecule has 1 saturated heterocycles. The summed E-state index contributed by atoms with van der Waals surface area (Å²) in [5.74, 6) is -1.26. The minimum absolute atomic E-state index is 0.0984. The van der Waals surface area contributed by atoms with Crippen molar-refractivity contribution in [1.82, 2.24) is 0 Å². The number of aliphatic hydroxyl groups excluding tert-OH is 1. The molecule has 23 heavy (non-hydrogen) atoms. The lowest BCUT2D eigenvalue weighted by molar-refractivity contribution is -0.673. The molecule has 6 rings (SSSR count). The quantitative estimate of drug-likeness (QED) is 0.567. The van der Waals surface area contributed by atoms with Crippen LogP contribution in [0.25, 0.3) is 0 Å². The standard InChI is InChI=1S/C17H24O6/c18-10-12-3-1-2-4-16(12)20-22-17(23-21-16)13-5-11-6-14(17)9-15(19,7-11)8-13/h3,11,13-14,18-19H,1-2,4-10H2. The van der Waals surface area contributed by atoms with Crippen molar-refractivity contribution in [2.45, 2.75) is 68.5 Å². The van der Waals surface area contributed by atoms with Crippen molar-refractivity contribution in [1.29, 1.82) is 0 Å². The summed E-state index contributed by atoms with van der Waals surface area (Å²) < 4.78 is 0. The zero-order chi connectivity index (χ0) is 15.7. The first-order valence-electron chi connectivity index (χ1n) is 8.84. The molecule has 0 aromatic heterocycles. The van der Waals surface area contributed by atoms with Crippen molar-refractivity contribution in [2.24, 2.45) is 17.8 Å². The molecular formula is C17H24O6. The van der Waals surface area contributed by atoms with Crippen LogP contribution in [0, 0.1) is 17.8 Å². The Hall–Kier alpha value is -0.500. The summed E-state index contributed by atoms with van der Waals surface area (Å²) >= 11 is 0. The van der Waals surface area contributed by atoms with Gasteiger partial charge in [0.05, 0.1) is 12.2 Å². The lowest BCUT2D eigenvalue weighted by atomic mass is 9.51. The molecule has 6 heteroatoms. The Bertz CT molecular complexity index is 517. The van der Waals surface area contributed by atoms with Gasteiger partial charge in [-0.25, -0.2) is 0 Å². The molecule has 1 heterocycles. The number of allylic oxidation sites excluding steroid dienone is 1. The van der Waals surface area contributed by atoms with Gasteiger partial charge in [0.15, 0.2) is 0 Å². The van der Waals surface area contributed by atoms with E-state index in [0.29, 0.717) is 30.8 Å². The van der Waals surface area contributed by atoms with E-state index >= 15 is 0 Å². The van der Waals surface area contributed by atoms with Gasteiger partial charge < -0.3 is 10.2 Å². The van der Waals surface area contributed by atoms with Crippen molar-refractivity contribution >= 4 is 0 Å². The smallest absolute Gasteiger partial charge is 0.257 e. The van der Waals surface area contributed by atoms with Gasteiger partial charge in [0.2, 0.25) is 5.79 Å². The fourth-order valence-electron chi connectivity index (χ4n) is 5.75. The molecule has 0 aromatic rings. The fraction of sp³-hybridized carbons (Fsp3) is 0.882. The Morgan fingerprint density at radius 1 is 1.04 bits per heavy atom. The molecule has 4 saturated carbocycles. The van der Waals surface area contributed by atoms with Crippen LogP contribution in [0.3, 0.4) is 0 Å². The molecule has 6 aliphatic rings. The SMILES string of the molecule is OCC1=CCCCC12OOC1(OO2)C2CC3CC1CC(O)(C3)C2. The summed E-state index contributed by atoms with van der Waals surface area (Å²) in [5, 5.41) is 20.3. The summed E-state index contributed by atoms with van der Waals surface area (Å²) in [7, 11) is 0. The third kappa shape index (κ3) is 1.97. The number of aliphatic hydroxyl groups is 2. The average molecular weight is 324 g/mol. The lowest BCUT2D eigenvalue weighted by Crippen LogP contribution is -2.68. The van der Waals surface area contributed by atoms with Gasteiger partial charge >= 0.3 is 0 Å².